The van der Waals surface area contributed by atoms with E-state index in [1.165, 1.54) is 82.4 Å². The maximum Gasteiger partial charge on any atom is 0.197 e. The first-order valence-corrected chi connectivity index (χ1v) is 14.9. The van der Waals surface area contributed by atoms with Crippen LogP contribution in [-0.2, 0) is 6.42 Å². The summed E-state index contributed by atoms with van der Waals surface area (Å²) in [5.74, 6) is 6.32. The lowest BCUT2D eigenvalue weighted by Gasteiger charge is -2.57. The summed E-state index contributed by atoms with van der Waals surface area (Å²) < 4.78 is 5.42. The van der Waals surface area contributed by atoms with Gasteiger partial charge in [-0.2, -0.15) is 0 Å². The van der Waals surface area contributed by atoms with Crippen LogP contribution in [0.3, 0.4) is 0 Å². The van der Waals surface area contributed by atoms with Crippen molar-refractivity contribution in [3.05, 3.63) is 29.8 Å². The van der Waals surface area contributed by atoms with Crippen LogP contribution in [-0.4, -0.2) is 54.6 Å². The van der Waals surface area contributed by atoms with Gasteiger partial charge < -0.3 is 14.5 Å². The van der Waals surface area contributed by atoms with Crippen LogP contribution in [0.1, 0.15) is 82.6 Å². The Kier molecular flexibility index (Phi) is 5.78. The zero-order chi connectivity index (χ0) is 23.4. The molecule has 0 aromatic heterocycles. The average molecular weight is 476 g/mol. The van der Waals surface area contributed by atoms with Crippen molar-refractivity contribution in [1.29, 1.82) is 0 Å². The van der Waals surface area contributed by atoms with Gasteiger partial charge in [0, 0.05) is 13.1 Å². The molecule has 1 aromatic rings. The number of guanidine groups is 1. The molecule has 190 valence electrons. The number of fused-ring (bicyclic) bond motifs is 1. The Labute approximate surface area is 212 Å². The van der Waals surface area contributed by atoms with Crippen molar-refractivity contribution in [3.8, 4) is 5.75 Å². The molecule has 4 nitrogen and oxygen atoms in total. The highest BCUT2D eigenvalue weighted by Gasteiger charge is 2.51. The minimum absolute atomic E-state index is 0.558. The number of nitrogens with zero attached hydrogens (tertiary/aromatic N) is 3. The van der Waals surface area contributed by atoms with Gasteiger partial charge in [-0.25, -0.2) is 0 Å². The van der Waals surface area contributed by atoms with Crippen molar-refractivity contribution >= 4 is 5.96 Å². The summed E-state index contributed by atoms with van der Waals surface area (Å²) in [6.45, 7) is 3.44. The molecule has 5 saturated carbocycles. The third-order valence-electron chi connectivity index (χ3n) is 11.1. The minimum Gasteiger partial charge on any atom is -0.497 e. The molecule has 4 bridgehead atoms. The standard InChI is InChI=1S/C31H45N3O/c1-35-28-9-7-22(8-10-28)16-27-21-34-29(26-5-3-2-4-6-26)20-32-30(34)33(27)12-11-31-17-23-13-24(18-31)15-25(14-23)19-31/h7-10,23-27,29H,2-6,11-21H2,1H3/t23?,24?,25?,27-,29+,31?/m0/s1. The molecule has 5 aliphatic carbocycles. The summed E-state index contributed by atoms with van der Waals surface area (Å²) in [6, 6.07) is 10.0. The Bertz CT molecular complexity index is 898. The van der Waals surface area contributed by atoms with E-state index < -0.39 is 0 Å². The monoisotopic (exact) mass is 475 g/mol. The first-order valence-electron chi connectivity index (χ1n) is 14.9. The number of benzene rings is 1. The average Bonchev–Trinajstić information content (AvgIpc) is 3.42. The predicted molar refractivity (Wildman–Crippen MR) is 142 cm³/mol. The van der Waals surface area contributed by atoms with Gasteiger partial charge in [0.2, 0.25) is 0 Å². The molecule has 8 rings (SSSR count). The molecule has 1 aromatic carbocycles. The molecule has 2 heterocycles. The molecule has 0 radical (unpaired) electrons. The maximum atomic E-state index is 5.42. The highest BCUT2D eigenvalue weighted by molar-refractivity contribution is 5.84. The summed E-state index contributed by atoms with van der Waals surface area (Å²) in [4.78, 5) is 10.8. The van der Waals surface area contributed by atoms with E-state index in [1.54, 1.807) is 26.4 Å². The molecule has 6 fully saturated rings. The van der Waals surface area contributed by atoms with Crippen molar-refractivity contribution in [3.63, 3.8) is 0 Å². The van der Waals surface area contributed by atoms with Crippen LogP contribution in [0.25, 0.3) is 0 Å². The quantitative estimate of drug-likeness (QED) is 0.473. The highest BCUT2D eigenvalue weighted by Crippen LogP contribution is 2.61. The van der Waals surface area contributed by atoms with Gasteiger partial charge in [0.15, 0.2) is 5.96 Å². The van der Waals surface area contributed by atoms with E-state index in [-0.39, 0.29) is 0 Å². The van der Waals surface area contributed by atoms with Crippen molar-refractivity contribution < 1.29 is 4.74 Å². The molecular weight excluding hydrogens is 430 g/mol. The van der Waals surface area contributed by atoms with Gasteiger partial charge >= 0.3 is 0 Å². The van der Waals surface area contributed by atoms with Crippen LogP contribution in [0, 0.1) is 29.1 Å². The van der Waals surface area contributed by atoms with E-state index in [4.69, 9.17) is 9.73 Å². The van der Waals surface area contributed by atoms with Crippen LogP contribution in [0.15, 0.2) is 29.3 Å². The molecule has 2 aliphatic heterocycles. The molecule has 0 amide bonds. The molecular formula is C31H45N3O. The number of hydrogen-bond acceptors (Lipinski definition) is 4. The van der Waals surface area contributed by atoms with Crippen molar-refractivity contribution in [2.75, 3.05) is 26.7 Å². The van der Waals surface area contributed by atoms with Gasteiger partial charge in [-0.05, 0) is 111 Å². The Morgan fingerprint density at radius 2 is 1.63 bits per heavy atom. The Hall–Kier alpha value is -1.71. The van der Waals surface area contributed by atoms with Gasteiger partial charge in [0.1, 0.15) is 5.75 Å². The fraction of sp³-hybridized carbons (Fsp3) is 0.774. The molecule has 0 N–H and O–H groups in total. The molecule has 4 heteroatoms. The lowest BCUT2D eigenvalue weighted by atomic mass is 9.49. The second-order valence-electron chi connectivity index (χ2n) is 13.3. The zero-order valence-electron chi connectivity index (χ0n) is 21.8. The summed E-state index contributed by atoms with van der Waals surface area (Å²) >= 11 is 0. The minimum atomic E-state index is 0.558. The molecule has 2 atom stereocenters. The number of rotatable bonds is 7. The number of ether oxygens (including phenoxy) is 1. The topological polar surface area (TPSA) is 28.1 Å². The van der Waals surface area contributed by atoms with E-state index in [2.05, 4.69) is 34.1 Å². The summed E-state index contributed by atoms with van der Waals surface area (Å²) in [6.07, 6.45) is 18.9. The Morgan fingerprint density at radius 3 is 2.29 bits per heavy atom. The van der Waals surface area contributed by atoms with Crippen molar-refractivity contribution in [2.24, 2.45) is 34.1 Å². The molecule has 1 saturated heterocycles. The van der Waals surface area contributed by atoms with Gasteiger partial charge in [-0.3, -0.25) is 4.99 Å². The first-order chi connectivity index (χ1) is 17.2. The second kappa shape index (κ2) is 8.99. The third-order valence-corrected chi connectivity index (χ3v) is 11.1. The van der Waals surface area contributed by atoms with E-state index >= 15 is 0 Å². The maximum absolute atomic E-state index is 5.42. The zero-order valence-corrected chi connectivity index (χ0v) is 21.8. The lowest BCUT2D eigenvalue weighted by molar-refractivity contribution is -0.0595. The van der Waals surface area contributed by atoms with E-state index in [0.29, 0.717) is 17.5 Å². The van der Waals surface area contributed by atoms with E-state index in [9.17, 15) is 0 Å². The smallest absolute Gasteiger partial charge is 0.197 e. The van der Waals surface area contributed by atoms with Gasteiger partial charge in [-0.15, -0.1) is 0 Å². The lowest BCUT2D eigenvalue weighted by Crippen LogP contribution is -2.48. The van der Waals surface area contributed by atoms with Crippen LogP contribution >= 0.6 is 0 Å². The van der Waals surface area contributed by atoms with Crippen LogP contribution in [0.2, 0.25) is 0 Å². The van der Waals surface area contributed by atoms with E-state index in [1.807, 2.05) is 0 Å². The summed E-state index contributed by atoms with van der Waals surface area (Å²) in [5, 5.41) is 0. The third kappa shape index (κ3) is 4.17. The predicted octanol–water partition coefficient (Wildman–Crippen LogP) is 6.15. The Balaban J connectivity index is 1.10. The molecule has 35 heavy (non-hydrogen) atoms. The summed E-state index contributed by atoms with van der Waals surface area (Å²) in [5.41, 5.74) is 2.08. The molecule has 7 aliphatic rings. The Morgan fingerprint density at radius 1 is 0.943 bits per heavy atom. The fourth-order valence-electron chi connectivity index (χ4n) is 9.84. The summed E-state index contributed by atoms with van der Waals surface area (Å²) in [7, 11) is 1.76. The second-order valence-corrected chi connectivity index (χ2v) is 13.3. The van der Waals surface area contributed by atoms with Crippen LogP contribution in [0.4, 0.5) is 0 Å². The van der Waals surface area contributed by atoms with Gasteiger partial charge in [-0.1, -0.05) is 31.4 Å². The van der Waals surface area contributed by atoms with E-state index in [0.717, 1.165) is 42.4 Å². The SMILES string of the molecule is COc1ccc(C[C@H]2CN3C(=NC[C@@H]3C3CCCCC3)N2CCC23CC4CC(CC(C4)C2)C3)cc1. The molecule has 0 unspecified atom stereocenters. The number of methoxy groups -OCH3 is 1. The van der Waals surface area contributed by atoms with Gasteiger partial charge in [0.05, 0.1) is 25.7 Å². The molecule has 0 spiro atoms. The van der Waals surface area contributed by atoms with Gasteiger partial charge in [0.25, 0.3) is 0 Å². The van der Waals surface area contributed by atoms with Crippen molar-refractivity contribution in [1.82, 2.24) is 9.80 Å². The number of hydrogen-bond donors (Lipinski definition) is 0. The fourth-order valence-corrected chi connectivity index (χ4v) is 9.84. The van der Waals surface area contributed by atoms with Crippen LogP contribution < -0.4 is 4.74 Å². The van der Waals surface area contributed by atoms with Crippen molar-refractivity contribution in [2.45, 2.75) is 95.6 Å². The number of aliphatic imine (C=N–C) groups is 1. The highest BCUT2D eigenvalue weighted by atomic mass is 16.5. The normalized spacial score (nSPS) is 38.2. The largest absolute Gasteiger partial charge is 0.497 e. The van der Waals surface area contributed by atoms with Crippen LogP contribution in [0.5, 0.6) is 5.75 Å². The first kappa shape index (κ1) is 22.5.